The van der Waals surface area contributed by atoms with E-state index in [0.29, 0.717) is 12.4 Å². The second-order valence-electron chi connectivity index (χ2n) is 3.86. The molecule has 0 amide bonds. The van der Waals surface area contributed by atoms with Gasteiger partial charge >= 0.3 is 0 Å². The van der Waals surface area contributed by atoms with Crippen molar-refractivity contribution < 1.29 is 9.66 Å². The highest BCUT2D eigenvalue weighted by molar-refractivity contribution is 7.80. The Morgan fingerprint density at radius 3 is 2.61 bits per heavy atom. The Bertz CT molecular complexity index is 401. The van der Waals surface area contributed by atoms with Gasteiger partial charge in [0.2, 0.25) is 0 Å². The topological polar surface area (TPSA) is 52.4 Å². The van der Waals surface area contributed by atoms with Crippen LogP contribution in [0.3, 0.4) is 0 Å². The van der Waals surface area contributed by atoms with Gasteiger partial charge in [-0.05, 0) is 24.7 Å². The number of non-ortho nitro benzene ring substituents is 1. The highest BCUT2D eigenvalue weighted by atomic mass is 35.5. The summed E-state index contributed by atoms with van der Waals surface area (Å²) < 4.78 is 5.48. The van der Waals surface area contributed by atoms with Crippen LogP contribution in [0.4, 0.5) is 5.69 Å². The van der Waals surface area contributed by atoms with Crippen LogP contribution in [0, 0.1) is 10.1 Å². The number of ether oxygens (including phenoxy) is 1. The van der Waals surface area contributed by atoms with Crippen LogP contribution in [0.1, 0.15) is 25.7 Å². The van der Waals surface area contributed by atoms with E-state index in [-0.39, 0.29) is 10.7 Å². The largest absolute Gasteiger partial charge is 0.492 e. The lowest BCUT2D eigenvalue weighted by Crippen LogP contribution is -1.98. The number of hydrogen-bond acceptors (Lipinski definition) is 4. The number of rotatable bonds is 8. The zero-order chi connectivity index (χ0) is 13.4. The lowest BCUT2D eigenvalue weighted by atomic mass is 10.2. The van der Waals surface area contributed by atoms with Crippen molar-refractivity contribution in [2.45, 2.75) is 25.7 Å². The molecule has 0 saturated heterocycles. The van der Waals surface area contributed by atoms with E-state index in [1.165, 1.54) is 18.2 Å². The Morgan fingerprint density at radius 2 is 2.00 bits per heavy atom. The van der Waals surface area contributed by atoms with Crippen LogP contribution in [0.25, 0.3) is 0 Å². The summed E-state index contributed by atoms with van der Waals surface area (Å²) in [5.74, 6) is 1.41. The second-order valence-corrected chi connectivity index (χ2v) is 4.71. The number of halogens is 1. The van der Waals surface area contributed by atoms with Crippen molar-refractivity contribution in [3.05, 3.63) is 33.3 Å². The summed E-state index contributed by atoms with van der Waals surface area (Å²) in [4.78, 5) is 10.0. The maximum atomic E-state index is 10.5. The molecule has 1 rings (SSSR count). The molecule has 0 N–H and O–H groups in total. The molecule has 0 bridgehead atoms. The minimum atomic E-state index is -0.479. The minimum absolute atomic E-state index is 0.0267. The van der Waals surface area contributed by atoms with Gasteiger partial charge in [-0.25, -0.2) is 0 Å². The summed E-state index contributed by atoms with van der Waals surface area (Å²) in [7, 11) is 0. The Morgan fingerprint density at radius 1 is 1.28 bits per heavy atom. The van der Waals surface area contributed by atoms with Gasteiger partial charge in [0.25, 0.3) is 5.69 Å². The summed E-state index contributed by atoms with van der Waals surface area (Å²) in [5, 5.41) is 10.8. The lowest BCUT2D eigenvalue weighted by Gasteiger charge is -2.07. The van der Waals surface area contributed by atoms with Crippen molar-refractivity contribution in [2.75, 3.05) is 12.4 Å². The van der Waals surface area contributed by atoms with Crippen molar-refractivity contribution in [1.29, 1.82) is 0 Å². The van der Waals surface area contributed by atoms with Gasteiger partial charge in [-0.15, -0.1) is 0 Å². The van der Waals surface area contributed by atoms with Gasteiger partial charge < -0.3 is 4.74 Å². The lowest BCUT2D eigenvalue weighted by molar-refractivity contribution is -0.384. The number of unbranched alkanes of at least 4 members (excludes halogenated alkanes) is 3. The van der Waals surface area contributed by atoms with Crippen molar-refractivity contribution in [2.24, 2.45) is 0 Å². The Kier molecular flexibility index (Phi) is 6.90. The standard InChI is InChI=1S/C12H16ClNO3S/c13-11-9-10(14(15)16)5-6-12(11)17-7-3-1-2-4-8-18/h5-6,9,18H,1-4,7-8H2. The first-order valence-electron chi connectivity index (χ1n) is 5.82. The van der Waals surface area contributed by atoms with Gasteiger partial charge in [0.05, 0.1) is 16.6 Å². The van der Waals surface area contributed by atoms with E-state index in [9.17, 15) is 10.1 Å². The smallest absolute Gasteiger partial charge is 0.271 e. The number of nitro benzene ring substituents is 1. The van der Waals surface area contributed by atoms with Crippen LogP contribution in [-0.2, 0) is 0 Å². The number of benzene rings is 1. The monoisotopic (exact) mass is 289 g/mol. The van der Waals surface area contributed by atoms with Crippen LogP contribution in [-0.4, -0.2) is 17.3 Å². The third-order valence-electron chi connectivity index (χ3n) is 2.44. The molecule has 0 spiro atoms. The normalized spacial score (nSPS) is 10.3. The zero-order valence-corrected chi connectivity index (χ0v) is 11.6. The van der Waals surface area contributed by atoms with Gasteiger partial charge in [0, 0.05) is 12.1 Å². The Hall–Kier alpha value is -0.940. The molecule has 1 aromatic rings. The summed E-state index contributed by atoms with van der Waals surface area (Å²) >= 11 is 10.0. The first-order valence-corrected chi connectivity index (χ1v) is 6.84. The van der Waals surface area contributed by atoms with E-state index in [1.54, 1.807) is 0 Å². The molecule has 0 aliphatic carbocycles. The second kappa shape index (κ2) is 8.21. The molecule has 0 saturated carbocycles. The third-order valence-corrected chi connectivity index (χ3v) is 3.05. The van der Waals surface area contributed by atoms with E-state index in [4.69, 9.17) is 16.3 Å². The molecular weight excluding hydrogens is 274 g/mol. The highest BCUT2D eigenvalue weighted by Crippen LogP contribution is 2.28. The maximum absolute atomic E-state index is 10.5. The maximum Gasteiger partial charge on any atom is 0.271 e. The van der Waals surface area contributed by atoms with E-state index in [0.717, 1.165) is 31.4 Å². The van der Waals surface area contributed by atoms with Crippen molar-refractivity contribution in [3.63, 3.8) is 0 Å². The molecule has 6 heteroatoms. The minimum Gasteiger partial charge on any atom is -0.492 e. The van der Waals surface area contributed by atoms with Gasteiger partial charge in [-0.1, -0.05) is 24.4 Å². The molecule has 0 atom stereocenters. The molecule has 0 unspecified atom stereocenters. The molecule has 0 heterocycles. The van der Waals surface area contributed by atoms with E-state index >= 15 is 0 Å². The summed E-state index contributed by atoms with van der Waals surface area (Å²) in [6, 6.07) is 4.23. The number of nitro groups is 1. The SMILES string of the molecule is O=[N+]([O-])c1ccc(OCCCCCCS)c(Cl)c1. The molecule has 4 nitrogen and oxygen atoms in total. The number of hydrogen-bond donors (Lipinski definition) is 1. The predicted molar refractivity (Wildman–Crippen MR) is 75.9 cm³/mol. The van der Waals surface area contributed by atoms with Crippen molar-refractivity contribution in [3.8, 4) is 5.75 Å². The first kappa shape index (κ1) is 15.1. The molecule has 0 fully saturated rings. The average molecular weight is 290 g/mol. The van der Waals surface area contributed by atoms with Gasteiger partial charge in [-0.3, -0.25) is 10.1 Å². The fourth-order valence-corrected chi connectivity index (χ4v) is 1.92. The average Bonchev–Trinajstić information content (AvgIpc) is 2.35. The first-order chi connectivity index (χ1) is 8.65. The summed E-state index contributed by atoms with van der Waals surface area (Å²) in [5.41, 5.74) is -0.0267. The number of nitrogens with zero attached hydrogens (tertiary/aromatic N) is 1. The summed E-state index contributed by atoms with van der Waals surface area (Å²) in [6.07, 6.45) is 4.29. The third kappa shape index (κ3) is 5.14. The van der Waals surface area contributed by atoms with Crippen LogP contribution in [0.2, 0.25) is 5.02 Å². The molecule has 0 aliphatic rings. The molecule has 0 radical (unpaired) electrons. The van der Waals surface area contributed by atoms with E-state index in [2.05, 4.69) is 12.6 Å². The van der Waals surface area contributed by atoms with Crippen LogP contribution in [0.5, 0.6) is 5.75 Å². The predicted octanol–water partition coefficient (Wildman–Crippen LogP) is 4.12. The van der Waals surface area contributed by atoms with Gasteiger partial charge in [0.15, 0.2) is 0 Å². The fourth-order valence-electron chi connectivity index (χ4n) is 1.47. The zero-order valence-electron chi connectivity index (χ0n) is 9.97. The molecule has 18 heavy (non-hydrogen) atoms. The van der Waals surface area contributed by atoms with E-state index < -0.39 is 4.92 Å². The van der Waals surface area contributed by atoms with E-state index in [1.807, 2.05) is 0 Å². The molecule has 0 aliphatic heterocycles. The van der Waals surface area contributed by atoms with Crippen LogP contribution >= 0.6 is 24.2 Å². The highest BCUT2D eigenvalue weighted by Gasteiger charge is 2.09. The molecule has 1 aromatic carbocycles. The Labute approximate surface area is 117 Å². The summed E-state index contributed by atoms with van der Waals surface area (Å²) in [6.45, 7) is 0.574. The molecule has 100 valence electrons. The van der Waals surface area contributed by atoms with Crippen molar-refractivity contribution >= 4 is 29.9 Å². The quantitative estimate of drug-likeness (QED) is 0.339. The Balaban J connectivity index is 2.36. The fraction of sp³-hybridized carbons (Fsp3) is 0.500. The van der Waals surface area contributed by atoms with Gasteiger partial charge in [0.1, 0.15) is 5.75 Å². The number of thiol groups is 1. The molecular formula is C12H16ClNO3S. The van der Waals surface area contributed by atoms with Crippen LogP contribution in [0.15, 0.2) is 18.2 Å². The van der Waals surface area contributed by atoms with Crippen LogP contribution < -0.4 is 4.74 Å². The van der Waals surface area contributed by atoms with Crippen molar-refractivity contribution in [1.82, 2.24) is 0 Å². The molecule has 0 aromatic heterocycles. The van der Waals surface area contributed by atoms with Gasteiger partial charge in [-0.2, -0.15) is 12.6 Å².